The predicted octanol–water partition coefficient (Wildman–Crippen LogP) is -0.0500. The molecule has 2 heterocycles. The Balaban J connectivity index is 2.49. The van der Waals surface area contributed by atoms with Crippen molar-refractivity contribution >= 4 is 11.5 Å². The average Bonchev–Trinajstić information content (AvgIpc) is 2.56. The molecule has 0 fully saturated rings. The number of nitrogens with two attached hydrogens (primary N) is 1. The van der Waals surface area contributed by atoms with Crippen molar-refractivity contribution in [2.24, 2.45) is 0 Å². The second kappa shape index (κ2) is 2.65. The molecule has 0 radical (unpaired) electrons. The fourth-order valence-electron chi connectivity index (χ4n) is 1.12. The Kier molecular flexibility index (Phi) is 1.61. The fraction of sp³-hybridized carbons (Fsp3) is 0.429. The highest BCUT2D eigenvalue weighted by Crippen LogP contribution is 2.09. The summed E-state index contributed by atoms with van der Waals surface area (Å²) in [7, 11) is 0. The molecule has 13 heavy (non-hydrogen) atoms. The summed E-state index contributed by atoms with van der Waals surface area (Å²) in [5, 5.41) is 7.50. The van der Waals surface area contributed by atoms with Crippen LogP contribution in [0.4, 0.5) is 5.82 Å². The van der Waals surface area contributed by atoms with E-state index in [0.29, 0.717) is 11.5 Å². The normalized spacial score (nSPS) is 11.3. The first-order valence-corrected chi connectivity index (χ1v) is 4.03. The van der Waals surface area contributed by atoms with Crippen LogP contribution in [0.3, 0.4) is 0 Å². The van der Waals surface area contributed by atoms with Gasteiger partial charge in [-0.2, -0.15) is 9.25 Å². The lowest BCUT2D eigenvalue weighted by Crippen LogP contribution is -2.18. The zero-order valence-electron chi connectivity index (χ0n) is 7.51. The zero-order chi connectivity index (χ0) is 9.42. The minimum atomic E-state index is 0.0884. The Morgan fingerprint density at radius 3 is 2.92 bits per heavy atom. The molecule has 0 aromatic carbocycles. The van der Waals surface area contributed by atoms with Crippen molar-refractivity contribution in [1.29, 1.82) is 0 Å². The van der Waals surface area contributed by atoms with E-state index >= 15 is 0 Å². The van der Waals surface area contributed by atoms with Gasteiger partial charge < -0.3 is 10.6 Å². The summed E-state index contributed by atoms with van der Waals surface area (Å²) in [5.74, 6) is 0.366. The number of aromatic nitrogens is 4. The summed E-state index contributed by atoms with van der Waals surface area (Å²) in [5.41, 5.74) is 6.26. The standard InChI is InChI=1S/C7H11N5O/c1-5(2)13-12-4-3-11-7(12)6(8)9-10-11/h3-5H,8H2,1-2H3. The number of nitrogen functional groups attached to an aromatic ring is 1. The average molecular weight is 181 g/mol. The molecule has 70 valence electrons. The Hall–Kier alpha value is -1.72. The minimum Gasteiger partial charge on any atom is -0.410 e. The third-order valence-corrected chi connectivity index (χ3v) is 1.57. The number of hydrogen-bond donors (Lipinski definition) is 1. The minimum absolute atomic E-state index is 0.0884. The quantitative estimate of drug-likeness (QED) is 0.705. The molecule has 0 spiro atoms. The number of anilines is 1. The van der Waals surface area contributed by atoms with Gasteiger partial charge >= 0.3 is 0 Å². The van der Waals surface area contributed by atoms with Crippen LogP contribution in [0.1, 0.15) is 13.8 Å². The molecule has 0 aliphatic heterocycles. The Bertz CT molecular complexity index is 415. The number of imidazole rings is 1. The van der Waals surface area contributed by atoms with E-state index in [1.165, 1.54) is 0 Å². The molecule has 0 amide bonds. The van der Waals surface area contributed by atoms with Crippen LogP contribution in [-0.4, -0.2) is 25.7 Å². The smallest absolute Gasteiger partial charge is 0.215 e. The summed E-state index contributed by atoms with van der Waals surface area (Å²) < 4.78 is 3.14. The van der Waals surface area contributed by atoms with Crippen LogP contribution in [0.25, 0.3) is 5.65 Å². The van der Waals surface area contributed by atoms with Gasteiger partial charge in [0.25, 0.3) is 0 Å². The van der Waals surface area contributed by atoms with Crippen molar-refractivity contribution in [2.45, 2.75) is 20.0 Å². The van der Waals surface area contributed by atoms with Gasteiger partial charge in [-0.1, -0.05) is 5.21 Å². The highest BCUT2D eigenvalue weighted by atomic mass is 16.7. The first-order chi connectivity index (χ1) is 6.18. The molecule has 2 aromatic heterocycles. The van der Waals surface area contributed by atoms with Gasteiger partial charge in [-0.3, -0.25) is 0 Å². The summed E-state index contributed by atoms with van der Waals surface area (Å²) in [4.78, 5) is 5.44. The molecule has 0 aliphatic rings. The molecule has 6 nitrogen and oxygen atoms in total. The van der Waals surface area contributed by atoms with Crippen LogP contribution in [-0.2, 0) is 0 Å². The summed E-state index contributed by atoms with van der Waals surface area (Å²) in [6, 6.07) is 0. The molecular formula is C7H11N5O. The second-order valence-electron chi connectivity index (χ2n) is 3.02. The molecule has 0 bridgehead atoms. The van der Waals surface area contributed by atoms with Crippen LogP contribution in [0, 0.1) is 0 Å². The molecule has 0 unspecified atom stereocenters. The van der Waals surface area contributed by atoms with E-state index < -0.39 is 0 Å². The van der Waals surface area contributed by atoms with E-state index in [0.717, 1.165) is 0 Å². The molecule has 2 N–H and O–H groups in total. The summed E-state index contributed by atoms with van der Waals surface area (Å²) in [6.07, 6.45) is 3.58. The van der Waals surface area contributed by atoms with Crippen LogP contribution in [0.15, 0.2) is 12.4 Å². The number of fused-ring (bicyclic) bond motifs is 1. The Morgan fingerprint density at radius 1 is 1.46 bits per heavy atom. The Labute approximate surface area is 74.8 Å². The van der Waals surface area contributed by atoms with Crippen molar-refractivity contribution < 1.29 is 4.84 Å². The van der Waals surface area contributed by atoms with Gasteiger partial charge in [0.05, 0.1) is 12.4 Å². The van der Waals surface area contributed by atoms with Gasteiger partial charge in [-0.25, -0.2) is 0 Å². The van der Waals surface area contributed by atoms with Gasteiger partial charge in [0.15, 0.2) is 5.82 Å². The van der Waals surface area contributed by atoms with E-state index in [1.54, 1.807) is 21.6 Å². The molecule has 0 saturated heterocycles. The number of hydrogen-bond acceptors (Lipinski definition) is 4. The SMILES string of the molecule is CC(C)On1ccn2nnc(N)c12. The molecule has 0 atom stereocenters. The van der Waals surface area contributed by atoms with Gasteiger partial charge in [-0.15, -0.1) is 5.10 Å². The Morgan fingerprint density at radius 2 is 2.23 bits per heavy atom. The van der Waals surface area contributed by atoms with Gasteiger partial charge in [0.1, 0.15) is 6.10 Å². The van der Waals surface area contributed by atoms with Crippen molar-refractivity contribution in [3.8, 4) is 0 Å². The largest absolute Gasteiger partial charge is 0.410 e. The monoisotopic (exact) mass is 181 g/mol. The predicted molar refractivity (Wildman–Crippen MR) is 47.1 cm³/mol. The van der Waals surface area contributed by atoms with Gasteiger partial charge in [0, 0.05) is 0 Å². The molecule has 6 heteroatoms. The zero-order valence-corrected chi connectivity index (χ0v) is 7.51. The third-order valence-electron chi connectivity index (χ3n) is 1.57. The lowest BCUT2D eigenvalue weighted by Gasteiger charge is -2.09. The van der Waals surface area contributed by atoms with E-state index in [9.17, 15) is 0 Å². The third kappa shape index (κ3) is 1.20. The fourth-order valence-corrected chi connectivity index (χ4v) is 1.12. The molecular weight excluding hydrogens is 170 g/mol. The van der Waals surface area contributed by atoms with Gasteiger partial charge in [0.2, 0.25) is 5.65 Å². The summed E-state index contributed by atoms with van der Waals surface area (Å²) >= 11 is 0. The van der Waals surface area contributed by atoms with Crippen LogP contribution < -0.4 is 10.6 Å². The van der Waals surface area contributed by atoms with E-state index in [-0.39, 0.29) is 6.10 Å². The maximum Gasteiger partial charge on any atom is 0.215 e. The van der Waals surface area contributed by atoms with E-state index in [2.05, 4.69) is 10.3 Å². The molecule has 0 aliphatic carbocycles. The summed E-state index contributed by atoms with van der Waals surface area (Å²) in [6.45, 7) is 3.88. The molecule has 2 rings (SSSR count). The van der Waals surface area contributed by atoms with E-state index in [4.69, 9.17) is 10.6 Å². The highest BCUT2D eigenvalue weighted by Gasteiger charge is 2.09. The van der Waals surface area contributed by atoms with Crippen molar-refractivity contribution in [3.05, 3.63) is 12.4 Å². The lowest BCUT2D eigenvalue weighted by molar-refractivity contribution is 0.0680. The van der Waals surface area contributed by atoms with Crippen LogP contribution >= 0.6 is 0 Å². The van der Waals surface area contributed by atoms with Crippen molar-refractivity contribution in [3.63, 3.8) is 0 Å². The topological polar surface area (TPSA) is 70.4 Å². The highest BCUT2D eigenvalue weighted by molar-refractivity contribution is 5.58. The van der Waals surface area contributed by atoms with Crippen molar-refractivity contribution in [2.75, 3.05) is 5.73 Å². The van der Waals surface area contributed by atoms with Gasteiger partial charge in [-0.05, 0) is 13.8 Å². The van der Waals surface area contributed by atoms with Crippen LogP contribution in [0.5, 0.6) is 0 Å². The number of nitrogens with zero attached hydrogens (tertiary/aromatic N) is 4. The molecule has 2 aromatic rings. The lowest BCUT2D eigenvalue weighted by atomic mass is 10.5. The first kappa shape index (κ1) is 7.90. The first-order valence-electron chi connectivity index (χ1n) is 4.03. The maximum atomic E-state index is 5.60. The second-order valence-corrected chi connectivity index (χ2v) is 3.02. The molecule has 0 saturated carbocycles. The maximum absolute atomic E-state index is 5.60. The number of rotatable bonds is 2. The van der Waals surface area contributed by atoms with E-state index in [1.807, 2.05) is 13.8 Å². The van der Waals surface area contributed by atoms with Crippen molar-refractivity contribution in [1.82, 2.24) is 19.6 Å². The van der Waals surface area contributed by atoms with Crippen LogP contribution in [0.2, 0.25) is 0 Å².